The fourth-order valence-corrected chi connectivity index (χ4v) is 4.65. The lowest BCUT2D eigenvalue weighted by molar-refractivity contribution is -0.146. The first-order valence-corrected chi connectivity index (χ1v) is 15.4. The van der Waals surface area contributed by atoms with Crippen LogP contribution in [0, 0.1) is 0 Å². The van der Waals surface area contributed by atoms with E-state index in [0.29, 0.717) is 31.7 Å². The van der Waals surface area contributed by atoms with E-state index in [2.05, 4.69) is 10.3 Å². The van der Waals surface area contributed by atoms with Crippen LogP contribution in [0.25, 0.3) is 0 Å². The van der Waals surface area contributed by atoms with Crippen LogP contribution >= 0.6 is 0 Å². The van der Waals surface area contributed by atoms with E-state index in [-0.39, 0.29) is 30.9 Å². The molecule has 0 saturated carbocycles. The second-order valence-electron chi connectivity index (χ2n) is 13.0. The van der Waals surface area contributed by atoms with Gasteiger partial charge >= 0.3 is 18.2 Å². The maximum atomic E-state index is 12.4. The number of amidine groups is 2. The van der Waals surface area contributed by atoms with Gasteiger partial charge in [-0.2, -0.15) is 0 Å². The molecular formula is C31H50N6O9. The molecule has 0 aliphatic carbocycles. The van der Waals surface area contributed by atoms with Gasteiger partial charge < -0.3 is 40.8 Å². The number of carbonyl (C=O) groups is 3. The molecule has 2 saturated heterocycles. The minimum Gasteiger partial charge on any atom is -0.482 e. The number of likely N-dealkylation sites (tertiary alicyclic amines) is 2. The molecule has 1 aromatic carbocycles. The molecule has 15 nitrogen and oxygen atoms in total. The number of amides is 2. The number of piperidine rings is 2. The fraction of sp³-hybridized carbons (Fsp3) is 0.645. The third-order valence-corrected chi connectivity index (χ3v) is 6.78. The summed E-state index contributed by atoms with van der Waals surface area (Å²) in [5, 5.41) is 24.4. The Morgan fingerprint density at radius 3 is 1.74 bits per heavy atom. The summed E-state index contributed by atoms with van der Waals surface area (Å²) < 4.78 is 16.0. The summed E-state index contributed by atoms with van der Waals surface area (Å²) in [7, 11) is 0. The summed E-state index contributed by atoms with van der Waals surface area (Å²) in [6, 6.07) is 5.80. The van der Waals surface area contributed by atoms with Crippen LogP contribution in [0.3, 0.4) is 0 Å². The van der Waals surface area contributed by atoms with Crippen LogP contribution in [0.4, 0.5) is 9.59 Å². The van der Waals surface area contributed by atoms with Gasteiger partial charge in [0.2, 0.25) is 0 Å². The Hall–Kier alpha value is -4.27. The van der Waals surface area contributed by atoms with Crippen molar-refractivity contribution < 1.29 is 43.7 Å². The van der Waals surface area contributed by atoms with Crippen LogP contribution in [-0.4, -0.2) is 92.9 Å². The molecule has 1 aromatic rings. The van der Waals surface area contributed by atoms with Crippen LogP contribution in [0.15, 0.2) is 34.6 Å². The van der Waals surface area contributed by atoms with Gasteiger partial charge in [0.05, 0.1) is 18.7 Å². The molecule has 3 rings (SSSR count). The molecule has 15 heteroatoms. The highest BCUT2D eigenvalue weighted by atomic mass is 16.7. The Kier molecular flexibility index (Phi) is 14.4. The van der Waals surface area contributed by atoms with Gasteiger partial charge in [0.1, 0.15) is 17.0 Å². The highest BCUT2D eigenvalue weighted by Crippen LogP contribution is 2.22. The molecule has 46 heavy (non-hydrogen) atoms. The summed E-state index contributed by atoms with van der Waals surface area (Å²) in [6.45, 7) is 11.5. The number of aliphatic hydroxyl groups excluding tert-OH is 1. The van der Waals surface area contributed by atoms with E-state index in [0.717, 1.165) is 31.2 Å². The number of hydrogen-bond donors (Lipinski definition) is 4. The monoisotopic (exact) mass is 650 g/mol. The number of carbonyl (C=O) groups excluding carboxylic acids is 3. The molecule has 2 heterocycles. The molecule has 2 atom stereocenters. The van der Waals surface area contributed by atoms with Crippen molar-refractivity contribution in [3.63, 3.8) is 0 Å². The van der Waals surface area contributed by atoms with E-state index in [4.69, 9.17) is 40.8 Å². The van der Waals surface area contributed by atoms with Crippen LogP contribution < -0.4 is 16.2 Å². The Morgan fingerprint density at radius 1 is 0.826 bits per heavy atom. The van der Waals surface area contributed by atoms with Gasteiger partial charge in [-0.05, 0) is 97.8 Å². The van der Waals surface area contributed by atoms with Crippen molar-refractivity contribution in [2.75, 3.05) is 19.7 Å². The first-order chi connectivity index (χ1) is 21.5. The minimum absolute atomic E-state index is 0.0382. The average Bonchev–Trinajstić information content (AvgIpc) is 3.01. The normalized spacial score (nSPS) is 19.4. The maximum absolute atomic E-state index is 12.4. The number of nitrogens with zero attached hydrogens (tertiary/aromatic N) is 4. The van der Waals surface area contributed by atoms with E-state index in [1.54, 1.807) is 45.0 Å². The second-order valence-corrected chi connectivity index (χ2v) is 13.0. The lowest BCUT2D eigenvalue weighted by Crippen LogP contribution is -2.52. The smallest absolute Gasteiger partial charge is 0.410 e. The van der Waals surface area contributed by atoms with E-state index in [1.165, 1.54) is 9.80 Å². The zero-order chi connectivity index (χ0) is 34.5. The van der Waals surface area contributed by atoms with Crippen molar-refractivity contribution in [3.05, 3.63) is 29.8 Å². The number of hydrogen-bond acceptors (Lipinski definition) is 11. The number of nitrogens with two attached hydrogens (primary N) is 2. The zero-order valence-electron chi connectivity index (χ0n) is 27.7. The Bertz CT molecular complexity index is 1210. The molecule has 0 aromatic heterocycles. The number of benzene rings is 1. The molecule has 2 fully saturated rings. The highest BCUT2D eigenvalue weighted by Gasteiger charge is 2.34. The predicted molar refractivity (Wildman–Crippen MR) is 170 cm³/mol. The molecule has 0 radical (unpaired) electrons. The molecule has 2 amide bonds. The summed E-state index contributed by atoms with van der Waals surface area (Å²) in [5.41, 5.74) is 11.2. The van der Waals surface area contributed by atoms with Gasteiger partial charge in [0.15, 0.2) is 18.3 Å². The van der Waals surface area contributed by atoms with E-state index >= 15 is 0 Å². The number of rotatable bonds is 7. The quantitative estimate of drug-likeness (QED) is 0.110. The maximum Gasteiger partial charge on any atom is 0.410 e. The SMILES string of the molecule is CC(C)(C)OC(=O)N1CCCC[C@H]1/C(N)=N/O.CC(C)(C)OC(=O)N1CCCC[C@H]1/C(N)=N/OC(=O)COc1ccc(CO)cc1. The van der Waals surface area contributed by atoms with Gasteiger partial charge in [-0.15, -0.1) is 0 Å². The standard InChI is InChI=1S/C20H29N3O6.C11H21N3O3/c1-20(2,3)28-19(26)23-11-5-4-6-16(23)18(21)22-29-17(25)13-27-15-9-7-14(12-24)8-10-15;1-11(2,3)17-10(15)14-7-5-4-6-8(14)9(12)13-16/h7-10,16,24H,4-6,11-13H2,1-3H3,(H2,21,22);8,16H,4-7H2,1-3H3,(H2,12,13)/t16-;8-/m00/s1. The van der Waals surface area contributed by atoms with Gasteiger partial charge in [0.25, 0.3) is 0 Å². The van der Waals surface area contributed by atoms with Crippen molar-refractivity contribution in [2.45, 2.75) is 110 Å². The van der Waals surface area contributed by atoms with Crippen molar-refractivity contribution >= 4 is 29.8 Å². The van der Waals surface area contributed by atoms with E-state index in [1.807, 2.05) is 20.8 Å². The van der Waals surface area contributed by atoms with Crippen molar-refractivity contribution in [2.24, 2.45) is 21.8 Å². The molecular weight excluding hydrogens is 600 g/mol. The molecule has 258 valence electrons. The van der Waals surface area contributed by atoms with Crippen LogP contribution in [0.1, 0.15) is 85.6 Å². The van der Waals surface area contributed by atoms with Crippen molar-refractivity contribution in [3.8, 4) is 5.75 Å². The fourth-order valence-electron chi connectivity index (χ4n) is 4.65. The summed E-state index contributed by atoms with van der Waals surface area (Å²) in [6.07, 6.45) is 4.02. The van der Waals surface area contributed by atoms with Crippen molar-refractivity contribution in [1.82, 2.24) is 9.80 Å². The van der Waals surface area contributed by atoms with E-state index in [9.17, 15) is 14.4 Å². The topological polar surface area (TPSA) is 212 Å². The molecule has 0 spiro atoms. The average molecular weight is 651 g/mol. The molecule has 2 aliphatic rings. The van der Waals surface area contributed by atoms with Gasteiger partial charge in [-0.1, -0.05) is 22.4 Å². The Labute approximate surface area is 270 Å². The Balaban J connectivity index is 0.000000368. The third kappa shape index (κ3) is 13.0. The van der Waals surface area contributed by atoms with Gasteiger partial charge in [-0.3, -0.25) is 9.80 Å². The number of oxime groups is 2. The highest BCUT2D eigenvalue weighted by molar-refractivity contribution is 5.89. The minimum atomic E-state index is -0.723. The van der Waals surface area contributed by atoms with E-state index < -0.39 is 35.4 Å². The number of aliphatic hydroxyl groups is 1. The summed E-state index contributed by atoms with van der Waals surface area (Å²) >= 11 is 0. The van der Waals surface area contributed by atoms with Crippen LogP contribution in [0.5, 0.6) is 5.75 Å². The zero-order valence-corrected chi connectivity index (χ0v) is 27.7. The molecule has 0 unspecified atom stereocenters. The molecule has 2 aliphatic heterocycles. The lowest BCUT2D eigenvalue weighted by Gasteiger charge is -2.35. The van der Waals surface area contributed by atoms with Gasteiger partial charge in [0, 0.05) is 13.1 Å². The van der Waals surface area contributed by atoms with Crippen LogP contribution in [-0.2, 0) is 25.7 Å². The van der Waals surface area contributed by atoms with Crippen LogP contribution in [0.2, 0.25) is 0 Å². The third-order valence-electron chi connectivity index (χ3n) is 6.78. The second kappa shape index (κ2) is 17.4. The first-order valence-electron chi connectivity index (χ1n) is 15.4. The molecule has 0 bridgehead atoms. The largest absolute Gasteiger partial charge is 0.482 e. The Morgan fingerprint density at radius 2 is 1.30 bits per heavy atom. The first kappa shape index (κ1) is 37.9. The van der Waals surface area contributed by atoms with Gasteiger partial charge in [-0.25, -0.2) is 14.4 Å². The summed E-state index contributed by atoms with van der Waals surface area (Å²) in [5.74, 6) is -0.162. The summed E-state index contributed by atoms with van der Waals surface area (Å²) in [4.78, 5) is 44.1. The van der Waals surface area contributed by atoms with Crippen molar-refractivity contribution in [1.29, 1.82) is 0 Å². The predicted octanol–water partition coefficient (Wildman–Crippen LogP) is 3.69. The number of ether oxygens (including phenoxy) is 3. The lowest BCUT2D eigenvalue weighted by atomic mass is 10.0. The molecule has 6 N–H and O–H groups in total.